The molecule has 0 amide bonds. The summed E-state index contributed by atoms with van der Waals surface area (Å²) in [6.07, 6.45) is 2.28. The molecule has 0 saturated carbocycles. The van der Waals surface area contributed by atoms with E-state index in [0.717, 1.165) is 25.9 Å². The van der Waals surface area contributed by atoms with Gasteiger partial charge in [0.15, 0.2) is 0 Å². The molecule has 1 aromatic carbocycles. The summed E-state index contributed by atoms with van der Waals surface area (Å²) in [6, 6.07) is 4.85. The van der Waals surface area contributed by atoms with Crippen LogP contribution in [0.3, 0.4) is 0 Å². The van der Waals surface area contributed by atoms with Crippen molar-refractivity contribution in [3.05, 3.63) is 28.5 Å². The van der Waals surface area contributed by atoms with E-state index in [4.69, 9.17) is 4.74 Å². The lowest BCUT2D eigenvalue weighted by Gasteiger charge is -2.24. The van der Waals surface area contributed by atoms with E-state index in [2.05, 4.69) is 21.2 Å². The maximum atomic E-state index is 13.2. The second kappa shape index (κ2) is 4.94. The Labute approximate surface area is 96.9 Å². The van der Waals surface area contributed by atoms with Crippen LogP contribution in [0, 0.1) is 5.82 Å². The van der Waals surface area contributed by atoms with Gasteiger partial charge in [0.2, 0.25) is 0 Å². The number of ether oxygens (including phenoxy) is 1. The first-order valence-corrected chi connectivity index (χ1v) is 5.88. The van der Waals surface area contributed by atoms with Crippen LogP contribution in [0.2, 0.25) is 0 Å². The van der Waals surface area contributed by atoms with Crippen LogP contribution in [0.25, 0.3) is 0 Å². The average molecular weight is 274 g/mol. The van der Waals surface area contributed by atoms with E-state index in [1.54, 1.807) is 12.1 Å². The van der Waals surface area contributed by atoms with Crippen molar-refractivity contribution in [3.63, 3.8) is 0 Å². The third-order valence-electron chi connectivity index (χ3n) is 2.46. The first-order valence-electron chi connectivity index (χ1n) is 5.09. The van der Waals surface area contributed by atoms with Crippen LogP contribution in [0.1, 0.15) is 12.8 Å². The third-order valence-corrected chi connectivity index (χ3v) is 3.23. The van der Waals surface area contributed by atoms with Crippen molar-refractivity contribution in [2.45, 2.75) is 18.9 Å². The molecule has 4 heteroatoms. The molecule has 0 radical (unpaired) electrons. The molecule has 0 bridgehead atoms. The average Bonchev–Trinajstić information content (AvgIpc) is 2.26. The van der Waals surface area contributed by atoms with E-state index < -0.39 is 0 Å². The molecule has 1 unspecified atom stereocenters. The number of rotatable bonds is 2. The van der Waals surface area contributed by atoms with Crippen molar-refractivity contribution >= 4 is 15.9 Å². The summed E-state index contributed by atoms with van der Waals surface area (Å²) in [6.45, 7) is 1.88. The van der Waals surface area contributed by atoms with E-state index in [1.807, 2.05) is 0 Å². The van der Waals surface area contributed by atoms with Gasteiger partial charge in [0.05, 0.1) is 4.47 Å². The maximum absolute atomic E-state index is 13.2. The Kier molecular flexibility index (Phi) is 3.59. The second-order valence-electron chi connectivity index (χ2n) is 3.64. The van der Waals surface area contributed by atoms with Gasteiger partial charge in [-0.2, -0.15) is 0 Å². The zero-order chi connectivity index (χ0) is 10.7. The van der Waals surface area contributed by atoms with Crippen molar-refractivity contribution in [3.8, 4) is 5.75 Å². The van der Waals surface area contributed by atoms with E-state index >= 15 is 0 Å². The van der Waals surface area contributed by atoms with Gasteiger partial charge in [-0.15, -0.1) is 0 Å². The molecule has 1 aliphatic heterocycles. The number of benzene rings is 1. The van der Waals surface area contributed by atoms with Crippen molar-refractivity contribution in [1.82, 2.24) is 5.32 Å². The van der Waals surface area contributed by atoms with Crippen molar-refractivity contribution in [1.29, 1.82) is 0 Å². The molecule has 1 aromatic rings. The SMILES string of the molecule is Fc1cccc(OC2CCCNC2)c1Br. The Hall–Kier alpha value is -0.610. The largest absolute Gasteiger partial charge is 0.488 e. The summed E-state index contributed by atoms with van der Waals surface area (Å²) >= 11 is 3.19. The van der Waals surface area contributed by atoms with E-state index in [-0.39, 0.29) is 11.9 Å². The van der Waals surface area contributed by atoms with Gasteiger partial charge in [-0.25, -0.2) is 4.39 Å². The predicted octanol–water partition coefficient (Wildman–Crippen LogP) is 2.72. The molecule has 2 rings (SSSR count). The smallest absolute Gasteiger partial charge is 0.141 e. The number of halogens is 2. The van der Waals surface area contributed by atoms with Gasteiger partial charge in [0.1, 0.15) is 17.7 Å². The Balaban J connectivity index is 2.06. The Morgan fingerprint density at radius 2 is 2.33 bits per heavy atom. The van der Waals surface area contributed by atoms with Crippen LogP contribution in [-0.4, -0.2) is 19.2 Å². The van der Waals surface area contributed by atoms with Crippen molar-refractivity contribution in [2.24, 2.45) is 0 Å². The highest BCUT2D eigenvalue weighted by Gasteiger charge is 2.16. The van der Waals surface area contributed by atoms with E-state index in [9.17, 15) is 4.39 Å². The molecular weight excluding hydrogens is 261 g/mol. The Morgan fingerprint density at radius 1 is 1.47 bits per heavy atom. The lowest BCUT2D eigenvalue weighted by molar-refractivity contribution is 0.165. The minimum Gasteiger partial charge on any atom is -0.488 e. The summed E-state index contributed by atoms with van der Waals surface area (Å²) in [5.74, 6) is 0.306. The molecule has 1 fully saturated rings. The second-order valence-corrected chi connectivity index (χ2v) is 4.43. The van der Waals surface area contributed by atoms with Crippen LogP contribution in [-0.2, 0) is 0 Å². The Morgan fingerprint density at radius 3 is 3.07 bits per heavy atom. The molecular formula is C11H13BrFNO. The minimum atomic E-state index is -0.281. The molecule has 82 valence electrons. The zero-order valence-electron chi connectivity index (χ0n) is 8.30. The van der Waals surface area contributed by atoms with Crippen LogP contribution in [0.15, 0.2) is 22.7 Å². The summed E-state index contributed by atoms with van der Waals surface area (Å²) in [4.78, 5) is 0. The molecule has 0 spiro atoms. The monoisotopic (exact) mass is 273 g/mol. The summed E-state index contributed by atoms with van der Waals surface area (Å²) in [5.41, 5.74) is 0. The molecule has 1 N–H and O–H groups in total. The number of hydrogen-bond donors (Lipinski definition) is 1. The van der Waals surface area contributed by atoms with Gasteiger partial charge < -0.3 is 10.1 Å². The third kappa shape index (κ3) is 2.69. The summed E-state index contributed by atoms with van der Waals surface area (Å²) < 4.78 is 19.3. The molecule has 1 atom stereocenters. The van der Waals surface area contributed by atoms with Gasteiger partial charge in [0, 0.05) is 6.54 Å². The highest BCUT2D eigenvalue weighted by molar-refractivity contribution is 9.10. The summed E-state index contributed by atoms with van der Waals surface area (Å²) in [7, 11) is 0. The van der Waals surface area contributed by atoms with Crippen molar-refractivity contribution in [2.75, 3.05) is 13.1 Å². The highest BCUT2D eigenvalue weighted by atomic mass is 79.9. The topological polar surface area (TPSA) is 21.3 Å². The number of hydrogen-bond acceptors (Lipinski definition) is 2. The predicted molar refractivity (Wildman–Crippen MR) is 60.6 cm³/mol. The molecule has 1 heterocycles. The maximum Gasteiger partial charge on any atom is 0.141 e. The molecule has 15 heavy (non-hydrogen) atoms. The van der Waals surface area contributed by atoms with Gasteiger partial charge in [-0.05, 0) is 47.4 Å². The molecule has 0 aliphatic carbocycles. The summed E-state index contributed by atoms with van der Waals surface area (Å²) in [5, 5.41) is 3.26. The fraction of sp³-hybridized carbons (Fsp3) is 0.455. The quantitative estimate of drug-likeness (QED) is 0.895. The van der Waals surface area contributed by atoms with Gasteiger partial charge in [-0.3, -0.25) is 0 Å². The minimum absolute atomic E-state index is 0.150. The Bertz CT molecular complexity index is 339. The van der Waals surface area contributed by atoms with Crippen LogP contribution < -0.4 is 10.1 Å². The van der Waals surface area contributed by atoms with E-state index in [0.29, 0.717) is 10.2 Å². The molecule has 2 nitrogen and oxygen atoms in total. The van der Waals surface area contributed by atoms with E-state index in [1.165, 1.54) is 6.07 Å². The first-order chi connectivity index (χ1) is 7.27. The lowest BCUT2D eigenvalue weighted by atomic mass is 10.1. The molecule has 0 aromatic heterocycles. The van der Waals surface area contributed by atoms with Gasteiger partial charge >= 0.3 is 0 Å². The first kappa shape index (κ1) is 10.9. The number of piperidine rings is 1. The lowest BCUT2D eigenvalue weighted by Crippen LogP contribution is -2.37. The van der Waals surface area contributed by atoms with Crippen LogP contribution >= 0.6 is 15.9 Å². The van der Waals surface area contributed by atoms with Gasteiger partial charge in [0.25, 0.3) is 0 Å². The molecule has 1 saturated heterocycles. The van der Waals surface area contributed by atoms with Crippen LogP contribution in [0.4, 0.5) is 4.39 Å². The normalized spacial score (nSPS) is 21.3. The zero-order valence-corrected chi connectivity index (χ0v) is 9.89. The van der Waals surface area contributed by atoms with Crippen molar-refractivity contribution < 1.29 is 9.13 Å². The van der Waals surface area contributed by atoms with Gasteiger partial charge in [-0.1, -0.05) is 6.07 Å². The fourth-order valence-corrected chi connectivity index (χ4v) is 2.03. The fourth-order valence-electron chi connectivity index (χ4n) is 1.68. The standard InChI is InChI=1S/C11H13BrFNO/c12-11-9(13)4-1-5-10(11)15-8-3-2-6-14-7-8/h1,4-5,8,14H,2-3,6-7H2. The number of nitrogens with one attached hydrogen (secondary N) is 1. The molecule has 1 aliphatic rings. The highest BCUT2D eigenvalue weighted by Crippen LogP contribution is 2.28. The van der Waals surface area contributed by atoms with Crippen LogP contribution in [0.5, 0.6) is 5.75 Å².